The Bertz CT molecular complexity index is 334. The average Bonchev–Trinajstić information content (AvgIpc) is 2.82. The van der Waals surface area contributed by atoms with E-state index in [1.165, 1.54) is 24.3 Å². The molecule has 1 aliphatic carbocycles. The molecule has 1 fully saturated rings. The summed E-state index contributed by atoms with van der Waals surface area (Å²) < 4.78 is 0. The lowest BCUT2D eigenvalue weighted by Gasteiger charge is -2.38. The molecule has 0 spiro atoms. The lowest BCUT2D eigenvalue weighted by Crippen LogP contribution is -2.43. The molecule has 0 radical (unpaired) electrons. The van der Waals surface area contributed by atoms with E-state index in [0.717, 1.165) is 30.7 Å². The second-order valence-electron chi connectivity index (χ2n) is 6.06. The molecule has 0 aromatic carbocycles. The first kappa shape index (κ1) is 14.0. The lowest BCUT2D eigenvalue weighted by atomic mass is 9.74. The molecule has 1 aromatic rings. The van der Waals surface area contributed by atoms with Crippen molar-refractivity contribution in [3.05, 3.63) is 16.6 Å². The minimum absolute atomic E-state index is 0.716. The van der Waals surface area contributed by atoms with E-state index in [2.05, 4.69) is 36.5 Å². The van der Waals surface area contributed by atoms with Crippen LogP contribution in [0.5, 0.6) is 0 Å². The van der Waals surface area contributed by atoms with Crippen LogP contribution in [0.1, 0.15) is 45.0 Å². The zero-order chi connectivity index (χ0) is 13.0. The van der Waals surface area contributed by atoms with Gasteiger partial charge in [0, 0.05) is 30.6 Å². The van der Waals surface area contributed by atoms with E-state index < -0.39 is 0 Å². The second kappa shape index (κ2) is 6.67. The highest BCUT2D eigenvalue weighted by Gasteiger charge is 2.29. The van der Waals surface area contributed by atoms with Gasteiger partial charge in [-0.1, -0.05) is 27.2 Å². The van der Waals surface area contributed by atoms with Gasteiger partial charge in [-0.15, -0.1) is 11.3 Å². The summed E-state index contributed by atoms with van der Waals surface area (Å²) in [7, 11) is 0. The molecule has 1 N–H and O–H groups in total. The molecule has 1 aliphatic rings. The molecule has 3 unspecified atom stereocenters. The quantitative estimate of drug-likeness (QED) is 0.878. The highest BCUT2D eigenvalue weighted by atomic mass is 32.1. The predicted molar refractivity (Wildman–Crippen MR) is 79.0 cm³/mol. The van der Waals surface area contributed by atoms with Crippen LogP contribution >= 0.6 is 11.3 Å². The highest BCUT2D eigenvalue weighted by Crippen LogP contribution is 2.33. The first-order valence-electron chi connectivity index (χ1n) is 7.28. The van der Waals surface area contributed by atoms with Gasteiger partial charge in [0.2, 0.25) is 0 Å². The SMILES string of the molecule is CC1CCC(C(C)C)C(NCCc2nccs2)C1. The van der Waals surface area contributed by atoms with Crippen molar-refractivity contribution >= 4 is 11.3 Å². The van der Waals surface area contributed by atoms with Crippen LogP contribution in [0, 0.1) is 17.8 Å². The monoisotopic (exact) mass is 266 g/mol. The largest absolute Gasteiger partial charge is 0.313 e. The maximum atomic E-state index is 4.35. The third kappa shape index (κ3) is 3.79. The molecular weight excluding hydrogens is 240 g/mol. The van der Waals surface area contributed by atoms with Crippen LogP contribution in [0.4, 0.5) is 0 Å². The van der Waals surface area contributed by atoms with Gasteiger partial charge in [0.15, 0.2) is 0 Å². The molecular formula is C15H26N2S. The van der Waals surface area contributed by atoms with Gasteiger partial charge in [0.1, 0.15) is 0 Å². The van der Waals surface area contributed by atoms with E-state index in [1.807, 2.05) is 6.20 Å². The standard InChI is InChI=1S/C15H26N2S/c1-11(2)13-5-4-12(3)10-14(13)16-7-6-15-17-8-9-18-15/h8-9,11-14,16H,4-7,10H2,1-3H3. The van der Waals surface area contributed by atoms with E-state index in [4.69, 9.17) is 0 Å². The van der Waals surface area contributed by atoms with Crippen LogP contribution in [0.2, 0.25) is 0 Å². The van der Waals surface area contributed by atoms with Gasteiger partial charge in [-0.25, -0.2) is 4.98 Å². The highest BCUT2D eigenvalue weighted by molar-refractivity contribution is 7.09. The topological polar surface area (TPSA) is 24.9 Å². The zero-order valence-electron chi connectivity index (χ0n) is 11.9. The Morgan fingerprint density at radius 2 is 2.28 bits per heavy atom. The van der Waals surface area contributed by atoms with E-state index in [0.29, 0.717) is 6.04 Å². The summed E-state index contributed by atoms with van der Waals surface area (Å²) in [5.74, 6) is 2.55. The van der Waals surface area contributed by atoms with Crippen LogP contribution in [0.3, 0.4) is 0 Å². The van der Waals surface area contributed by atoms with Gasteiger partial charge < -0.3 is 5.32 Å². The normalized spacial score (nSPS) is 28.8. The summed E-state index contributed by atoms with van der Waals surface area (Å²) in [5.41, 5.74) is 0. The molecule has 18 heavy (non-hydrogen) atoms. The van der Waals surface area contributed by atoms with Gasteiger partial charge in [0.05, 0.1) is 5.01 Å². The summed E-state index contributed by atoms with van der Waals surface area (Å²) in [5, 5.41) is 7.11. The van der Waals surface area contributed by atoms with Crippen LogP contribution in [-0.4, -0.2) is 17.6 Å². The minimum atomic E-state index is 0.716. The Morgan fingerprint density at radius 3 is 2.94 bits per heavy atom. The first-order valence-corrected chi connectivity index (χ1v) is 8.16. The zero-order valence-corrected chi connectivity index (χ0v) is 12.7. The number of nitrogens with one attached hydrogen (secondary N) is 1. The van der Waals surface area contributed by atoms with Gasteiger partial charge >= 0.3 is 0 Å². The number of thiazole rings is 1. The van der Waals surface area contributed by atoms with Crippen molar-refractivity contribution in [3.63, 3.8) is 0 Å². The van der Waals surface area contributed by atoms with Crippen LogP contribution in [-0.2, 0) is 6.42 Å². The van der Waals surface area contributed by atoms with Crippen LogP contribution in [0.25, 0.3) is 0 Å². The lowest BCUT2D eigenvalue weighted by molar-refractivity contribution is 0.171. The molecule has 1 heterocycles. The van der Waals surface area contributed by atoms with Gasteiger partial charge in [-0.2, -0.15) is 0 Å². The fourth-order valence-electron chi connectivity index (χ4n) is 3.18. The molecule has 2 nitrogen and oxygen atoms in total. The Balaban J connectivity index is 1.81. The summed E-state index contributed by atoms with van der Waals surface area (Å²) >= 11 is 1.77. The molecule has 0 aliphatic heterocycles. The van der Waals surface area contributed by atoms with Gasteiger partial charge in [-0.05, 0) is 30.6 Å². The van der Waals surface area contributed by atoms with Crippen molar-refractivity contribution in [1.82, 2.24) is 10.3 Å². The van der Waals surface area contributed by atoms with Crippen LogP contribution < -0.4 is 5.32 Å². The number of aromatic nitrogens is 1. The minimum Gasteiger partial charge on any atom is -0.313 e. The molecule has 102 valence electrons. The maximum Gasteiger partial charge on any atom is 0.0937 e. The summed E-state index contributed by atoms with van der Waals surface area (Å²) in [4.78, 5) is 4.35. The van der Waals surface area contributed by atoms with Crippen molar-refractivity contribution in [1.29, 1.82) is 0 Å². The van der Waals surface area contributed by atoms with Gasteiger partial charge in [-0.3, -0.25) is 0 Å². The molecule has 0 bridgehead atoms. The van der Waals surface area contributed by atoms with E-state index >= 15 is 0 Å². The van der Waals surface area contributed by atoms with Crippen LogP contribution in [0.15, 0.2) is 11.6 Å². The number of hydrogen-bond acceptors (Lipinski definition) is 3. The third-order valence-corrected chi connectivity index (χ3v) is 5.09. The predicted octanol–water partition coefficient (Wildman–Crippen LogP) is 3.74. The summed E-state index contributed by atoms with van der Waals surface area (Å²) in [6.45, 7) is 8.21. The molecule has 0 amide bonds. The van der Waals surface area contributed by atoms with Crippen molar-refractivity contribution in [2.75, 3.05) is 6.54 Å². The van der Waals surface area contributed by atoms with E-state index in [1.54, 1.807) is 11.3 Å². The average molecular weight is 266 g/mol. The fourth-order valence-corrected chi connectivity index (χ4v) is 3.80. The molecule has 3 atom stereocenters. The molecule has 2 rings (SSSR count). The smallest absolute Gasteiger partial charge is 0.0937 e. The Hall–Kier alpha value is -0.410. The Kier molecular flexibility index (Phi) is 5.19. The van der Waals surface area contributed by atoms with Crippen molar-refractivity contribution in [2.45, 2.75) is 52.5 Å². The number of rotatable bonds is 5. The first-order chi connectivity index (χ1) is 8.66. The van der Waals surface area contributed by atoms with Crippen molar-refractivity contribution < 1.29 is 0 Å². The number of nitrogens with zero attached hydrogens (tertiary/aromatic N) is 1. The van der Waals surface area contributed by atoms with Gasteiger partial charge in [0.25, 0.3) is 0 Å². The number of hydrogen-bond donors (Lipinski definition) is 1. The fraction of sp³-hybridized carbons (Fsp3) is 0.800. The molecule has 3 heteroatoms. The maximum absolute atomic E-state index is 4.35. The molecule has 0 saturated heterocycles. The second-order valence-corrected chi connectivity index (χ2v) is 7.04. The molecule has 1 aromatic heterocycles. The van der Waals surface area contributed by atoms with Crippen molar-refractivity contribution in [2.24, 2.45) is 17.8 Å². The van der Waals surface area contributed by atoms with Crippen molar-refractivity contribution in [3.8, 4) is 0 Å². The van der Waals surface area contributed by atoms with E-state index in [-0.39, 0.29) is 0 Å². The summed E-state index contributed by atoms with van der Waals surface area (Å²) in [6.07, 6.45) is 7.13. The third-order valence-electron chi connectivity index (χ3n) is 4.25. The Morgan fingerprint density at radius 1 is 1.44 bits per heavy atom. The van der Waals surface area contributed by atoms with E-state index in [9.17, 15) is 0 Å². The Labute approximate surface area is 115 Å². The molecule has 1 saturated carbocycles. The summed E-state index contributed by atoms with van der Waals surface area (Å²) in [6, 6.07) is 0.716.